The van der Waals surface area contributed by atoms with E-state index in [1.807, 2.05) is 45.0 Å². The normalized spacial score (nSPS) is 10.9. The zero-order valence-corrected chi connectivity index (χ0v) is 11.0. The van der Waals surface area contributed by atoms with Crippen molar-refractivity contribution in [3.05, 3.63) is 35.8 Å². The second kappa shape index (κ2) is 5.23. The van der Waals surface area contributed by atoms with E-state index >= 15 is 0 Å². The van der Waals surface area contributed by atoms with Crippen molar-refractivity contribution in [2.24, 2.45) is 5.73 Å². The number of imidazole rings is 1. The molecule has 0 saturated heterocycles. The number of benzene rings is 1. The predicted molar refractivity (Wildman–Crippen MR) is 72.4 cm³/mol. The summed E-state index contributed by atoms with van der Waals surface area (Å²) >= 11 is 0. The first-order chi connectivity index (χ1) is 8.60. The summed E-state index contributed by atoms with van der Waals surface area (Å²) in [7, 11) is 0. The molecule has 1 aromatic carbocycles. The van der Waals surface area contributed by atoms with E-state index in [9.17, 15) is 0 Å². The lowest BCUT2D eigenvalue weighted by Gasteiger charge is -2.09. The van der Waals surface area contributed by atoms with Crippen LogP contribution in [0, 0.1) is 6.92 Å². The molecule has 0 aliphatic carbocycles. The summed E-state index contributed by atoms with van der Waals surface area (Å²) in [4.78, 5) is 7.64. The molecule has 18 heavy (non-hydrogen) atoms. The summed E-state index contributed by atoms with van der Waals surface area (Å²) in [5.74, 6) is 1.69. The number of H-pyrrole nitrogens is 1. The highest BCUT2D eigenvalue weighted by Crippen LogP contribution is 2.24. The van der Waals surface area contributed by atoms with Crippen LogP contribution in [0.5, 0.6) is 5.75 Å². The molecule has 96 valence electrons. The molecular weight excluding hydrogens is 226 g/mol. The van der Waals surface area contributed by atoms with Crippen LogP contribution in [0.2, 0.25) is 0 Å². The van der Waals surface area contributed by atoms with Gasteiger partial charge in [0.15, 0.2) is 0 Å². The van der Waals surface area contributed by atoms with E-state index in [1.165, 1.54) is 0 Å². The molecule has 0 aliphatic heterocycles. The van der Waals surface area contributed by atoms with Gasteiger partial charge in [0.05, 0.1) is 18.3 Å². The average molecular weight is 245 g/mol. The fourth-order valence-electron chi connectivity index (χ4n) is 1.86. The first kappa shape index (κ1) is 12.6. The smallest absolute Gasteiger partial charge is 0.120 e. The van der Waals surface area contributed by atoms with Crippen molar-refractivity contribution in [3.8, 4) is 17.0 Å². The summed E-state index contributed by atoms with van der Waals surface area (Å²) in [5.41, 5.74) is 8.63. The molecule has 4 heteroatoms. The predicted octanol–water partition coefficient (Wildman–Crippen LogP) is 2.63. The molecule has 0 fully saturated rings. The van der Waals surface area contributed by atoms with Crippen LogP contribution in [-0.4, -0.2) is 16.1 Å². The maximum absolute atomic E-state index is 5.61. The van der Waals surface area contributed by atoms with Crippen LogP contribution in [0.4, 0.5) is 0 Å². The Hall–Kier alpha value is -1.81. The van der Waals surface area contributed by atoms with Gasteiger partial charge in [0.2, 0.25) is 0 Å². The van der Waals surface area contributed by atoms with Gasteiger partial charge in [0, 0.05) is 11.3 Å². The third kappa shape index (κ3) is 2.71. The minimum absolute atomic E-state index is 0.187. The Bertz CT molecular complexity index is 514. The molecule has 0 amide bonds. The van der Waals surface area contributed by atoms with Crippen molar-refractivity contribution in [1.29, 1.82) is 0 Å². The number of aryl methyl sites for hydroxylation is 1. The monoisotopic (exact) mass is 245 g/mol. The molecule has 1 aromatic heterocycles. The highest BCUT2D eigenvalue weighted by Gasteiger charge is 2.08. The molecule has 0 bridgehead atoms. The number of rotatable bonds is 4. The van der Waals surface area contributed by atoms with E-state index in [1.54, 1.807) is 0 Å². The number of aromatic amines is 1. The van der Waals surface area contributed by atoms with Gasteiger partial charge in [-0.05, 0) is 45.0 Å². The van der Waals surface area contributed by atoms with E-state index in [2.05, 4.69) is 9.97 Å². The molecule has 0 unspecified atom stereocenters. The minimum Gasteiger partial charge on any atom is -0.491 e. The summed E-state index contributed by atoms with van der Waals surface area (Å²) in [6.07, 6.45) is 0.187. The van der Waals surface area contributed by atoms with Gasteiger partial charge in [0.1, 0.15) is 11.6 Å². The molecule has 0 aliphatic rings. The molecule has 2 aromatic rings. The lowest BCUT2D eigenvalue weighted by molar-refractivity contribution is 0.242. The Morgan fingerprint density at radius 3 is 2.44 bits per heavy atom. The maximum atomic E-state index is 5.61. The summed E-state index contributed by atoms with van der Waals surface area (Å²) in [6.45, 7) is 6.45. The second-order valence-corrected chi connectivity index (χ2v) is 4.55. The fraction of sp³-hybridized carbons (Fsp3) is 0.357. The largest absolute Gasteiger partial charge is 0.491 e. The quantitative estimate of drug-likeness (QED) is 0.870. The Balaban J connectivity index is 2.25. The molecule has 0 saturated carbocycles. The third-order valence-electron chi connectivity index (χ3n) is 2.63. The van der Waals surface area contributed by atoms with Crippen LogP contribution in [0.25, 0.3) is 11.3 Å². The Morgan fingerprint density at radius 1 is 1.28 bits per heavy atom. The van der Waals surface area contributed by atoms with Crippen molar-refractivity contribution >= 4 is 0 Å². The Kier molecular flexibility index (Phi) is 3.67. The van der Waals surface area contributed by atoms with Gasteiger partial charge in [-0.25, -0.2) is 4.98 Å². The standard InChI is InChI=1S/C14H19N3O/c1-9(2)18-12-6-4-11(5-7-12)14-10(3)16-13(8-15)17-14/h4-7,9H,8,15H2,1-3H3,(H,16,17). The van der Waals surface area contributed by atoms with Crippen LogP contribution in [0.3, 0.4) is 0 Å². The molecule has 0 spiro atoms. The zero-order valence-electron chi connectivity index (χ0n) is 11.0. The highest BCUT2D eigenvalue weighted by atomic mass is 16.5. The van der Waals surface area contributed by atoms with Crippen molar-refractivity contribution in [2.75, 3.05) is 0 Å². The van der Waals surface area contributed by atoms with Gasteiger partial charge >= 0.3 is 0 Å². The van der Waals surface area contributed by atoms with E-state index in [-0.39, 0.29) is 6.10 Å². The van der Waals surface area contributed by atoms with Crippen LogP contribution in [0.1, 0.15) is 25.4 Å². The SMILES string of the molecule is Cc1[nH]c(CN)nc1-c1ccc(OC(C)C)cc1. The summed E-state index contributed by atoms with van der Waals surface area (Å²) in [5, 5.41) is 0. The molecule has 2 rings (SSSR count). The topological polar surface area (TPSA) is 63.9 Å². The van der Waals surface area contributed by atoms with E-state index in [4.69, 9.17) is 10.5 Å². The number of hydrogen-bond acceptors (Lipinski definition) is 3. The fourth-order valence-corrected chi connectivity index (χ4v) is 1.86. The van der Waals surface area contributed by atoms with Crippen LogP contribution in [-0.2, 0) is 6.54 Å². The first-order valence-electron chi connectivity index (χ1n) is 6.12. The van der Waals surface area contributed by atoms with E-state index in [0.29, 0.717) is 6.54 Å². The molecule has 3 N–H and O–H groups in total. The van der Waals surface area contributed by atoms with Crippen molar-refractivity contribution in [1.82, 2.24) is 9.97 Å². The van der Waals surface area contributed by atoms with Crippen LogP contribution < -0.4 is 10.5 Å². The van der Waals surface area contributed by atoms with Gasteiger partial charge < -0.3 is 15.5 Å². The molecule has 0 atom stereocenters. The number of ether oxygens (including phenoxy) is 1. The molecule has 1 heterocycles. The number of hydrogen-bond donors (Lipinski definition) is 2. The van der Waals surface area contributed by atoms with Crippen molar-refractivity contribution in [3.63, 3.8) is 0 Å². The van der Waals surface area contributed by atoms with Gasteiger partial charge in [-0.2, -0.15) is 0 Å². The lowest BCUT2D eigenvalue weighted by Crippen LogP contribution is -2.05. The molecule has 0 radical (unpaired) electrons. The number of nitrogens with one attached hydrogen (secondary N) is 1. The first-order valence-corrected chi connectivity index (χ1v) is 6.12. The van der Waals surface area contributed by atoms with Gasteiger partial charge in [-0.15, -0.1) is 0 Å². The maximum Gasteiger partial charge on any atom is 0.120 e. The summed E-state index contributed by atoms with van der Waals surface area (Å²) < 4.78 is 5.61. The van der Waals surface area contributed by atoms with Gasteiger partial charge in [-0.1, -0.05) is 0 Å². The highest BCUT2D eigenvalue weighted by molar-refractivity contribution is 5.62. The van der Waals surface area contributed by atoms with Crippen molar-refractivity contribution in [2.45, 2.75) is 33.4 Å². The number of aromatic nitrogens is 2. The van der Waals surface area contributed by atoms with E-state index in [0.717, 1.165) is 28.5 Å². The van der Waals surface area contributed by atoms with E-state index < -0.39 is 0 Å². The molecular formula is C14H19N3O. The second-order valence-electron chi connectivity index (χ2n) is 4.55. The van der Waals surface area contributed by atoms with Crippen LogP contribution in [0.15, 0.2) is 24.3 Å². The molecule has 4 nitrogen and oxygen atoms in total. The number of nitrogens with two attached hydrogens (primary N) is 1. The Morgan fingerprint density at radius 2 is 1.94 bits per heavy atom. The third-order valence-corrected chi connectivity index (χ3v) is 2.63. The number of nitrogens with zero attached hydrogens (tertiary/aromatic N) is 1. The average Bonchev–Trinajstić information content (AvgIpc) is 2.71. The zero-order chi connectivity index (χ0) is 13.1. The summed E-state index contributed by atoms with van der Waals surface area (Å²) in [6, 6.07) is 7.96. The lowest BCUT2D eigenvalue weighted by atomic mass is 10.1. The minimum atomic E-state index is 0.187. The van der Waals surface area contributed by atoms with Gasteiger partial charge in [-0.3, -0.25) is 0 Å². The van der Waals surface area contributed by atoms with Crippen LogP contribution >= 0.6 is 0 Å². The van der Waals surface area contributed by atoms with Gasteiger partial charge in [0.25, 0.3) is 0 Å². The van der Waals surface area contributed by atoms with Crippen molar-refractivity contribution < 1.29 is 4.74 Å². The Labute approximate surface area is 107 Å².